The molecule has 0 atom stereocenters. The molecule has 0 fully saturated rings. The highest BCUT2D eigenvalue weighted by atomic mass is 16.5. The lowest BCUT2D eigenvalue weighted by atomic mass is 9.76. The summed E-state index contributed by atoms with van der Waals surface area (Å²) < 4.78 is 5.59. The molecule has 0 bridgehead atoms. The summed E-state index contributed by atoms with van der Waals surface area (Å²) in [6, 6.07) is 9.57. The van der Waals surface area contributed by atoms with Crippen molar-refractivity contribution in [1.82, 2.24) is 0 Å². The van der Waals surface area contributed by atoms with Crippen LogP contribution >= 0.6 is 0 Å². The first-order chi connectivity index (χ1) is 8.14. The van der Waals surface area contributed by atoms with E-state index in [1.807, 2.05) is 44.2 Å². The first-order valence-electron chi connectivity index (χ1n) is 6.04. The highest BCUT2D eigenvalue weighted by Crippen LogP contribution is 2.30. The summed E-state index contributed by atoms with van der Waals surface area (Å²) in [5.41, 5.74) is -0.450. The second-order valence-electron chi connectivity index (χ2n) is 4.74. The Morgan fingerprint density at radius 3 is 2.18 bits per heavy atom. The Kier molecular flexibility index (Phi) is 5.45. The van der Waals surface area contributed by atoms with Gasteiger partial charge in [-0.15, -0.1) is 0 Å². The van der Waals surface area contributed by atoms with E-state index in [2.05, 4.69) is 0 Å². The standard InChI is InChI=1S/C14H22O3/c1-12(2)14(10-15,11-16)8-9-17-13-6-4-3-5-7-13/h3-7,12,15-16H,8-11H2,1-2H3. The highest BCUT2D eigenvalue weighted by Gasteiger charge is 2.32. The third-order valence-electron chi connectivity index (χ3n) is 3.47. The molecule has 17 heavy (non-hydrogen) atoms. The Morgan fingerprint density at radius 2 is 1.71 bits per heavy atom. The van der Waals surface area contributed by atoms with Gasteiger partial charge in [-0.05, 0) is 24.5 Å². The smallest absolute Gasteiger partial charge is 0.119 e. The molecule has 3 heteroatoms. The third kappa shape index (κ3) is 3.72. The molecule has 2 N–H and O–H groups in total. The van der Waals surface area contributed by atoms with Gasteiger partial charge < -0.3 is 14.9 Å². The van der Waals surface area contributed by atoms with Gasteiger partial charge in [-0.1, -0.05) is 32.0 Å². The number of hydrogen-bond acceptors (Lipinski definition) is 3. The maximum atomic E-state index is 9.43. The van der Waals surface area contributed by atoms with E-state index in [0.29, 0.717) is 13.0 Å². The van der Waals surface area contributed by atoms with Crippen LogP contribution in [0.4, 0.5) is 0 Å². The molecule has 0 aliphatic heterocycles. The molecular formula is C14H22O3. The Bertz CT molecular complexity index is 305. The first-order valence-corrected chi connectivity index (χ1v) is 6.04. The van der Waals surface area contributed by atoms with E-state index in [9.17, 15) is 10.2 Å². The van der Waals surface area contributed by atoms with Crippen LogP contribution in [0.2, 0.25) is 0 Å². The summed E-state index contributed by atoms with van der Waals surface area (Å²) >= 11 is 0. The van der Waals surface area contributed by atoms with Gasteiger partial charge in [0.1, 0.15) is 5.75 Å². The van der Waals surface area contributed by atoms with Gasteiger partial charge in [-0.2, -0.15) is 0 Å². The van der Waals surface area contributed by atoms with Crippen LogP contribution < -0.4 is 4.74 Å². The molecule has 3 nitrogen and oxygen atoms in total. The molecule has 0 heterocycles. The molecule has 0 saturated carbocycles. The Balaban J connectivity index is 2.48. The van der Waals surface area contributed by atoms with Gasteiger partial charge in [0.25, 0.3) is 0 Å². The van der Waals surface area contributed by atoms with Gasteiger partial charge in [-0.25, -0.2) is 0 Å². The number of aliphatic hydroxyl groups excluding tert-OH is 2. The van der Waals surface area contributed by atoms with Gasteiger partial charge in [0.05, 0.1) is 19.8 Å². The lowest BCUT2D eigenvalue weighted by Gasteiger charge is -2.33. The number of ether oxygens (including phenoxy) is 1. The number of aliphatic hydroxyl groups is 2. The second kappa shape index (κ2) is 6.62. The van der Waals surface area contributed by atoms with E-state index in [0.717, 1.165) is 5.75 Å². The Labute approximate surface area is 103 Å². The van der Waals surface area contributed by atoms with Crippen molar-refractivity contribution in [1.29, 1.82) is 0 Å². The minimum absolute atomic E-state index is 0.0146. The van der Waals surface area contributed by atoms with Crippen LogP contribution in [0.25, 0.3) is 0 Å². The summed E-state index contributed by atoms with van der Waals surface area (Å²) in [7, 11) is 0. The molecule has 0 aliphatic rings. The van der Waals surface area contributed by atoms with Crippen LogP contribution in [0.1, 0.15) is 20.3 Å². The lowest BCUT2D eigenvalue weighted by molar-refractivity contribution is -0.000791. The molecule has 96 valence electrons. The van der Waals surface area contributed by atoms with Gasteiger partial charge in [-0.3, -0.25) is 0 Å². The molecule has 0 aliphatic carbocycles. The summed E-state index contributed by atoms with van der Waals surface area (Å²) in [4.78, 5) is 0. The third-order valence-corrected chi connectivity index (χ3v) is 3.47. The SMILES string of the molecule is CC(C)C(CO)(CO)CCOc1ccccc1. The van der Waals surface area contributed by atoms with E-state index in [1.165, 1.54) is 0 Å². The molecule has 0 spiro atoms. The summed E-state index contributed by atoms with van der Waals surface area (Å²) in [5, 5.41) is 18.9. The van der Waals surface area contributed by atoms with E-state index < -0.39 is 5.41 Å². The number of hydrogen-bond donors (Lipinski definition) is 2. The molecule has 1 aromatic carbocycles. The maximum Gasteiger partial charge on any atom is 0.119 e. The highest BCUT2D eigenvalue weighted by molar-refractivity contribution is 5.20. The predicted molar refractivity (Wildman–Crippen MR) is 68.0 cm³/mol. The number of rotatable bonds is 7. The van der Waals surface area contributed by atoms with Crippen LogP contribution in [0, 0.1) is 11.3 Å². The van der Waals surface area contributed by atoms with Crippen LogP contribution in [0.15, 0.2) is 30.3 Å². The summed E-state index contributed by atoms with van der Waals surface area (Å²) in [6.07, 6.45) is 0.645. The zero-order valence-electron chi connectivity index (χ0n) is 10.6. The zero-order valence-corrected chi connectivity index (χ0v) is 10.6. The molecule has 0 aromatic heterocycles. The zero-order chi connectivity index (χ0) is 12.7. The average molecular weight is 238 g/mol. The van der Waals surface area contributed by atoms with Crippen molar-refractivity contribution in [2.24, 2.45) is 11.3 Å². The van der Waals surface area contributed by atoms with Crippen LogP contribution in [-0.2, 0) is 0 Å². The van der Waals surface area contributed by atoms with Crippen molar-refractivity contribution < 1.29 is 14.9 Å². The summed E-state index contributed by atoms with van der Waals surface area (Å²) in [6.45, 7) is 4.49. The minimum atomic E-state index is -0.450. The minimum Gasteiger partial charge on any atom is -0.494 e. The van der Waals surface area contributed by atoms with E-state index in [-0.39, 0.29) is 19.1 Å². The fraction of sp³-hybridized carbons (Fsp3) is 0.571. The number of para-hydroxylation sites is 1. The fourth-order valence-electron chi connectivity index (χ4n) is 1.75. The van der Waals surface area contributed by atoms with Crippen molar-refractivity contribution in [3.63, 3.8) is 0 Å². The van der Waals surface area contributed by atoms with Crippen molar-refractivity contribution in [2.45, 2.75) is 20.3 Å². The van der Waals surface area contributed by atoms with Crippen molar-refractivity contribution in [2.75, 3.05) is 19.8 Å². The fourth-order valence-corrected chi connectivity index (χ4v) is 1.75. The molecule has 1 aromatic rings. The molecule has 0 saturated heterocycles. The average Bonchev–Trinajstić information content (AvgIpc) is 2.36. The predicted octanol–water partition coefficient (Wildman–Crippen LogP) is 2.08. The molecule has 0 amide bonds. The second-order valence-corrected chi connectivity index (χ2v) is 4.74. The Hall–Kier alpha value is -1.06. The number of benzene rings is 1. The van der Waals surface area contributed by atoms with Crippen LogP contribution in [0.5, 0.6) is 5.75 Å². The van der Waals surface area contributed by atoms with E-state index in [4.69, 9.17) is 4.74 Å². The topological polar surface area (TPSA) is 49.7 Å². The van der Waals surface area contributed by atoms with Crippen molar-refractivity contribution in [3.05, 3.63) is 30.3 Å². The first kappa shape index (κ1) is 14.0. The maximum absolute atomic E-state index is 9.43. The van der Waals surface area contributed by atoms with E-state index in [1.54, 1.807) is 0 Å². The van der Waals surface area contributed by atoms with Gasteiger partial charge >= 0.3 is 0 Å². The quantitative estimate of drug-likeness (QED) is 0.764. The molecule has 1 rings (SSSR count). The van der Waals surface area contributed by atoms with Crippen molar-refractivity contribution in [3.8, 4) is 5.75 Å². The Morgan fingerprint density at radius 1 is 1.12 bits per heavy atom. The molecule has 0 unspecified atom stereocenters. The normalized spacial score (nSPS) is 11.8. The van der Waals surface area contributed by atoms with E-state index >= 15 is 0 Å². The van der Waals surface area contributed by atoms with Crippen LogP contribution in [-0.4, -0.2) is 30.0 Å². The van der Waals surface area contributed by atoms with Crippen molar-refractivity contribution >= 4 is 0 Å². The van der Waals surface area contributed by atoms with Crippen LogP contribution in [0.3, 0.4) is 0 Å². The van der Waals surface area contributed by atoms with Gasteiger partial charge in [0, 0.05) is 5.41 Å². The molecular weight excluding hydrogens is 216 g/mol. The van der Waals surface area contributed by atoms with Gasteiger partial charge in [0.15, 0.2) is 0 Å². The molecule has 0 radical (unpaired) electrons. The lowest BCUT2D eigenvalue weighted by Crippen LogP contribution is -2.37. The largest absolute Gasteiger partial charge is 0.494 e. The summed E-state index contributed by atoms with van der Waals surface area (Å²) in [5.74, 6) is 1.04. The van der Waals surface area contributed by atoms with Gasteiger partial charge in [0.2, 0.25) is 0 Å². The monoisotopic (exact) mass is 238 g/mol.